The Hall–Kier alpha value is -6.68. The zero-order chi connectivity index (χ0) is 34.7. The van der Waals surface area contributed by atoms with E-state index in [9.17, 15) is 25.0 Å². The van der Waals surface area contributed by atoms with Gasteiger partial charge in [-0.05, 0) is 47.9 Å². The monoisotopic (exact) mass is 680 g/mol. The summed E-state index contributed by atoms with van der Waals surface area (Å²) in [5.74, 6) is 1.76. The van der Waals surface area contributed by atoms with Gasteiger partial charge in [-0.1, -0.05) is 29.4 Å². The second-order valence-corrected chi connectivity index (χ2v) is 11.0. The Morgan fingerprint density at radius 3 is 1.92 bits per heavy atom. The summed E-state index contributed by atoms with van der Waals surface area (Å²) < 4.78 is 26.4. The Labute approximate surface area is 281 Å². The van der Waals surface area contributed by atoms with Crippen molar-refractivity contribution in [3.05, 3.63) is 111 Å². The Balaban J connectivity index is 1.14. The second kappa shape index (κ2) is 13.6. The minimum atomic E-state index is -0.796. The Bertz CT molecular complexity index is 2140. The Morgan fingerprint density at radius 2 is 1.35 bits per heavy atom. The summed E-state index contributed by atoms with van der Waals surface area (Å²) in [6.07, 6.45) is 0. The molecule has 0 unspecified atom stereocenters. The molecule has 6 aromatic rings. The number of anilines is 1. The van der Waals surface area contributed by atoms with Crippen LogP contribution in [0.5, 0.6) is 17.2 Å². The molecule has 16 heteroatoms. The number of benzene rings is 4. The van der Waals surface area contributed by atoms with Crippen molar-refractivity contribution in [3.8, 4) is 61.8 Å². The topological polar surface area (TPSA) is 195 Å². The van der Waals surface area contributed by atoms with E-state index < -0.39 is 27.1 Å². The van der Waals surface area contributed by atoms with Gasteiger partial charge >= 0.3 is 0 Å². The van der Waals surface area contributed by atoms with Gasteiger partial charge in [0.25, 0.3) is 17.3 Å². The number of carbonyl (C=O) groups is 1. The van der Waals surface area contributed by atoms with Crippen LogP contribution in [0.4, 0.5) is 17.1 Å². The number of non-ortho nitro benzene ring substituents is 2. The molecule has 2 aromatic heterocycles. The lowest BCUT2D eigenvalue weighted by molar-refractivity contribution is -0.394. The zero-order valence-electron chi connectivity index (χ0n) is 25.9. The molecule has 246 valence electrons. The van der Waals surface area contributed by atoms with Crippen LogP contribution >= 0.6 is 11.5 Å². The van der Waals surface area contributed by atoms with E-state index in [0.717, 1.165) is 34.9 Å². The summed E-state index contributed by atoms with van der Waals surface area (Å²) in [5, 5.41) is 29.8. The van der Waals surface area contributed by atoms with Gasteiger partial charge in [0, 0.05) is 46.1 Å². The predicted molar refractivity (Wildman–Crippen MR) is 179 cm³/mol. The fourth-order valence-electron chi connectivity index (χ4n) is 4.86. The number of aromatic nitrogens is 3. The van der Waals surface area contributed by atoms with Gasteiger partial charge in [-0.25, -0.2) is 4.98 Å². The molecule has 0 spiro atoms. The van der Waals surface area contributed by atoms with Gasteiger partial charge in [-0.3, -0.25) is 25.0 Å². The number of nitrogens with one attached hydrogen (secondary N) is 1. The number of amides is 1. The lowest BCUT2D eigenvalue weighted by atomic mass is 10.1. The second-order valence-electron chi connectivity index (χ2n) is 10.3. The quantitative estimate of drug-likeness (QED) is 0.106. The third kappa shape index (κ3) is 6.75. The van der Waals surface area contributed by atoms with Crippen molar-refractivity contribution in [1.82, 2.24) is 14.5 Å². The summed E-state index contributed by atoms with van der Waals surface area (Å²) in [7, 11) is 4.61. The molecule has 0 fully saturated rings. The number of methoxy groups -OCH3 is 3. The molecular formula is C33H24N6O9S. The number of rotatable bonds is 11. The van der Waals surface area contributed by atoms with Crippen LogP contribution in [0.1, 0.15) is 10.4 Å². The van der Waals surface area contributed by atoms with Gasteiger partial charge < -0.3 is 24.1 Å². The first-order valence-corrected chi connectivity index (χ1v) is 15.0. The molecule has 6 rings (SSSR count). The van der Waals surface area contributed by atoms with Gasteiger partial charge in [0.2, 0.25) is 5.75 Å². The van der Waals surface area contributed by atoms with Crippen LogP contribution < -0.4 is 19.5 Å². The molecule has 0 saturated carbocycles. The van der Waals surface area contributed by atoms with Gasteiger partial charge in [0.15, 0.2) is 23.1 Å². The maximum Gasteiger partial charge on any atom is 0.277 e. The van der Waals surface area contributed by atoms with Crippen LogP contribution in [0, 0.1) is 20.2 Å². The standard InChI is InChI=1S/C33H24N6O9S/c1-45-28-14-21(15-29(46-2)30(28)47-3)27-17-26(36-48-27)18-4-6-19(7-5-18)31-35-33(49-37-31)20-8-10-23(11-9-20)34-32(40)22-12-24(38(41)42)16-25(13-22)39(43)44/h4-17H,1-3H3,(H,34,40). The van der Waals surface area contributed by atoms with E-state index in [0.29, 0.717) is 50.8 Å². The van der Waals surface area contributed by atoms with E-state index in [-0.39, 0.29) is 5.56 Å². The van der Waals surface area contributed by atoms with Gasteiger partial charge in [0.1, 0.15) is 10.7 Å². The van der Waals surface area contributed by atoms with Gasteiger partial charge in [0.05, 0.1) is 42.8 Å². The van der Waals surface area contributed by atoms with Crippen LogP contribution in [0.2, 0.25) is 0 Å². The molecule has 2 heterocycles. The van der Waals surface area contributed by atoms with Crippen LogP contribution in [0.15, 0.2) is 89.5 Å². The molecule has 0 saturated heterocycles. The van der Waals surface area contributed by atoms with Crippen molar-refractivity contribution < 1.29 is 33.4 Å². The average Bonchev–Trinajstić information content (AvgIpc) is 3.82. The predicted octanol–water partition coefficient (Wildman–Crippen LogP) is 7.29. The SMILES string of the molecule is COc1cc(-c2cc(-c3ccc(-c4nsc(-c5ccc(NC(=O)c6cc([N+](=O)[O-])cc([N+](=O)[O-])c6)cc5)n4)cc3)no2)cc(OC)c1OC. The smallest absolute Gasteiger partial charge is 0.277 e. The van der Waals surface area contributed by atoms with Crippen molar-refractivity contribution in [1.29, 1.82) is 0 Å². The fraction of sp³-hybridized carbons (Fsp3) is 0.0909. The summed E-state index contributed by atoms with van der Waals surface area (Å²) in [6, 6.07) is 22.4. The summed E-state index contributed by atoms with van der Waals surface area (Å²) in [6.45, 7) is 0. The zero-order valence-corrected chi connectivity index (χ0v) is 26.7. The Kier molecular flexibility index (Phi) is 8.95. The molecule has 0 aliphatic heterocycles. The fourth-order valence-corrected chi connectivity index (χ4v) is 5.54. The molecule has 15 nitrogen and oxygen atoms in total. The highest BCUT2D eigenvalue weighted by Gasteiger charge is 2.21. The number of hydrogen-bond donors (Lipinski definition) is 1. The van der Waals surface area contributed by atoms with Gasteiger partial charge in [-0.2, -0.15) is 4.37 Å². The number of nitro groups is 2. The van der Waals surface area contributed by atoms with Crippen molar-refractivity contribution >= 4 is 34.5 Å². The van der Waals surface area contributed by atoms with Crippen molar-refractivity contribution in [3.63, 3.8) is 0 Å². The number of ether oxygens (including phenoxy) is 3. The largest absolute Gasteiger partial charge is 0.493 e. The number of carbonyl (C=O) groups excluding carboxylic acids is 1. The normalized spacial score (nSPS) is 10.8. The first-order chi connectivity index (χ1) is 23.7. The number of hydrogen-bond acceptors (Lipinski definition) is 13. The van der Waals surface area contributed by atoms with E-state index in [1.807, 2.05) is 30.3 Å². The van der Waals surface area contributed by atoms with Crippen LogP contribution in [0.3, 0.4) is 0 Å². The van der Waals surface area contributed by atoms with Crippen molar-refractivity contribution in [2.45, 2.75) is 0 Å². The first-order valence-electron chi connectivity index (χ1n) is 14.2. The summed E-state index contributed by atoms with van der Waals surface area (Å²) >= 11 is 1.20. The highest BCUT2D eigenvalue weighted by atomic mass is 32.1. The number of nitro benzene ring substituents is 2. The minimum absolute atomic E-state index is 0.215. The molecule has 0 bridgehead atoms. The van der Waals surface area contributed by atoms with Crippen molar-refractivity contribution in [2.24, 2.45) is 0 Å². The first kappa shape index (κ1) is 32.3. The summed E-state index contributed by atoms with van der Waals surface area (Å²) in [4.78, 5) is 38.1. The highest BCUT2D eigenvalue weighted by molar-refractivity contribution is 7.09. The number of nitrogens with zero attached hydrogens (tertiary/aromatic N) is 5. The average molecular weight is 681 g/mol. The molecule has 1 amide bonds. The summed E-state index contributed by atoms with van der Waals surface area (Å²) in [5.41, 5.74) is 2.72. The molecule has 0 aliphatic carbocycles. The van der Waals surface area contributed by atoms with E-state index in [1.165, 1.54) is 18.6 Å². The van der Waals surface area contributed by atoms with Crippen LogP contribution in [-0.2, 0) is 0 Å². The maximum absolute atomic E-state index is 12.7. The third-order valence-electron chi connectivity index (χ3n) is 7.30. The molecule has 0 aliphatic rings. The maximum atomic E-state index is 12.7. The van der Waals surface area contributed by atoms with Crippen LogP contribution in [0.25, 0.3) is 44.5 Å². The van der Waals surface area contributed by atoms with E-state index in [2.05, 4.69) is 19.8 Å². The molecule has 4 aromatic carbocycles. The van der Waals surface area contributed by atoms with Crippen molar-refractivity contribution in [2.75, 3.05) is 26.6 Å². The Morgan fingerprint density at radius 1 is 0.755 bits per heavy atom. The molecule has 0 radical (unpaired) electrons. The molecular weight excluding hydrogens is 656 g/mol. The minimum Gasteiger partial charge on any atom is -0.493 e. The third-order valence-corrected chi connectivity index (χ3v) is 8.06. The van der Waals surface area contributed by atoms with Crippen LogP contribution in [-0.4, -0.2) is 51.6 Å². The van der Waals surface area contributed by atoms with E-state index in [1.54, 1.807) is 50.6 Å². The molecule has 49 heavy (non-hydrogen) atoms. The van der Waals surface area contributed by atoms with E-state index in [4.69, 9.17) is 18.7 Å². The lowest BCUT2D eigenvalue weighted by Gasteiger charge is -2.12. The van der Waals surface area contributed by atoms with E-state index >= 15 is 0 Å². The lowest BCUT2D eigenvalue weighted by Crippen LogP contribution is -2.12. The molecule has 1 N–H and O–H groups in total. The highest BCUT2D eigenvalue weighted by Crippen LogP contribution is 2.42. The van der Waals surface area contributed by atoms with Gasteiger partial charge in [-0.15, -0.1) is 0 Å². The molecule has 0 atom stereocenters.